The molecule has 0 spiro atoms. The zero-order valence-electron chi connectivity index (χ0n) is 14.2. The lowest BCUT2D eigenvalue weighted by Gasteiger charge is -2.21. The molecule has 0 unspecified atom stereocenters. The highest BCUT2D eigenvalue weighted by Crippen LogP contribution is 2.25. The lowest BCUT2D eigenvalue weighted by molar-refractivity contribution is -0.123. The smallest absolute Gasteiger partial charge is 0.338 e. The second-order valence-corrected chi connectivity index (χ2v) is 6.56. The molecule has 0 aliphatic carbocycles. The number of esters is 1. The summed E-state index contributed by atoms with van der Waals surface area (Å²) < 4.78 is 5.06. The number of hydrogen-bond acceptors (Lipinski definition) is 5. The molecule has 0 bridgehead atoms. The maximum absolute atomic E-state index is 12.3. The molecule has 0 radical (unpaired) electrons. The lowest BCUT2D eigenvalue weighted by Crippen LogP contribution is -2.40. The van der Waals surface area contributed by atoms with E-state index in [0.717, 1.165) is 0 Å². The highest BCUT2D eigenvalue weighted by Gasteiger charge is 2.43. The van der Waals surface area contributed by atoms with Gasteiger partial charge in [-0.3, -0.25) is 14.9 Å². The molecule has 3 amide bonds. The molecule has 3 rings (SSSR count). The van der Waals surface area contributed by atoms with Gasteiger partial charge in [-0.1, -0.05) is 35.9 Å². The third-order valence-corrected chi connectivity index (χ3v) is 4.44. The number of hydrogen-bond donors (Lipinski definition) is 2. The van der Waals surface area contributed by atoms with Crippen LogP contribution in [0.5, 0.6) is 0 Å². The van der Waals surface area contributed by atoms with Crippen LogP contribution in [0.1, 0.15) is 33.2 Å². The Morgan fingerprint density at radius 2 is 1.78 bits per heavy atom. The van der Waals surface area contributed by atoms with E-state index < -0.39 is 35.8 Å². The van der Waals surface area contributed by atoms with Crippen LogP contribution in [0.3, 0.4) is 0 Å². The third kappa shape index (κ3) is 3.83. The van der Waals surface area contributed by atoms with E-state index in [-0.39, 0.29) is 5.56 Å². The first kappa shape index (κ1) is 18.6. The van der Waals surface area contributed by atoms with E-state index in [2.05, 4.69) is 10.6 Å². The number of Topliss-reactive ketones (excluding diaryl/α,β-unsaturated/α-hetero) is 1. The Hall–Kier alpha value is -3.19. The quantitative estimate of drug-likeness (QED) is 0.467. The number of halogens is 1. The molecule has 2 N–H and O–H groups in total. The summed E-state index contributed by atoms with van der Waals surface area (Å²) in [5, 5.41) is 5.09. The fourth-order valence-electron chi connectivity index (χ4n) is 2.66. The summed E-state index contributed by atoms with van der Waals surface area (Å²) in [6.07, 6.45) is 0. The van der Waals surface area contributed by atoms with Crippen molar-refractivity contribution in [2.45, 2.75) is 12.5 Å². The van der Waals surface area contributed by atoms with Crippen LogP contribution in [0.4, 0.5) is 4.79 Å². The van der Waals surface area contributed by atoms with Gasteiger partial charge in [-0.25, -0.2) is 9.59 Å². The first-order valence-corrected chi connectivity index (χ1v) is 8.37. The highest BCUT2D eigenvalue weighted by atomic mass is 35.5. The van der Waals surface area contributed by atoms with E-state index in [9.17, 15) is 19.2 Å². The van der Waals surface area contributed by atoms with E-state index in [1.165, 1.54) is 25.1 Å². The monoisotopic (exact) mass is 386 g/mol. The van der Waals surface area contributed by atoms with Crippen LogP contribution in [0.15, 0.2) is 48.5 Å². The molecule has 2 aromatic carbocycles. The SMILES string of the molecule is C[C@@]1(c2cccc(C(=O)OCC(=O)c3cccc(Cl)c3)c2)NC(=O)NC1=O. The number of imide groups is 1. The van der Waals surface area contributed by atoms with Crippen molar-refractivity contribution in [1.29, 1.82) is 0 Å². The summed E-state index contributed by atoms with van der Waals surface area (Å²) in [5.74, 6) is -1.63. The predicted molar refractivity (Wildman–Crippen MR) is 96.5 cm³/mol. The Kier molecular flexibility index (Phi) is 4.96. The minimum absolute atomic E-state index is 0.154. The molecule has 1 aliphatic rings. The summed E-state index contributed by atoms with van der Waals surface area (Å²) in [6, 6.07) is 11.8. The zero-order chi connectivity index (χ0) is 19.6. The number of ether oxygens (including phenoxy) is 1. The predicted octanol–water partition coefficient (Wildman–Crippen LogP) is 2.43. The van der Waals surface area contributed by atoms with Crippen LogP contribution >= 0.6 is 11.6 Å². The molecule has 1 fully saturated rings. The maximum atomic E-state index is 12.3. The van der Waals surface area contributed by atoms with E-state index in [0.29, 0.717) is 16.1 Å². The van der Waals surface area contributed by atoms with E-state index >= 15 is 0 Å². The van der Waals surface area contributed by atoms with Crippen molar-refractivity contribution in [3.05, 3.63) is 70.2 Å². The van der Waals surface area contributed by atoms with Gasteiger partial charge in [-0.05, 0) is 36.8 Å². The van der Waals surface area contributed by atoms with Crippen molar-refractivity contribution < 1.29 is 23.9 Å². The summed E-state index contributed by atoms with van der Waals surface area (Å²) in [6.45, 7) is 1.08. The van der Waals surface area contributed by atoms with Crippen LogP contribution in [0.2, 0.25) is 5.02 Å². The molecule has 0 saturated carbocycles. The minimum atomic E-state index is -1.29. The molecule has 8 heteroatoms. The van der Waals surface area contributed by atoms with Crippen LogP contribution in [-0.2, 0) is 15.1 Å². The number of ketones is 1. The molecule has 0 aromatic heterocycles. The van der Waals surface area contributed by atoms with Crippen molar-refractivity contribution in [1.82, 2.24) is 10.6 Å². The minimum Gasteiger partial charge on any atom is -0.454 e. The maximum Gasteiger partial charge on any atom is 0.338 e. The van der Waals surface area contributed by atoms with Crippen LogP contribution in [0, 0.1) is 0 Å². The number of amides is 3. The first-order valence-electron chi connectivity index (χ1n) is 7.99. The average molecular weight is 387 g/mol. The molecule has 1 aliphatic heterocycles. The summed E-state index contributed by atoms with van der Waals surface area (Å²) in [5.41, 5.74) is -0.380. The van der Waals surface area contributed by atoms with E-state index in [4.69, 9.17) is 16.3 Å². The number of nitrogens with one attached hydrogen (secondary N) is 2. The van der Waals surface area contributed by atoms with Gasteiger partial charge in [-0.15, -0.1) is 0 Å². The molecule has 1 heterocycles. The van der Waals surface area contributed by atoms with Crippen molar-refractivity contribution in [3.63, 3.8) is 0 Å². The molecular formula is C19H15ClN2O5. The standard InChI is InChI=1S/C19H15ClN2O5/c1-19(17(25)21-18(26)22-19)13-6-2-5-12(8-13)16(24)27-10-15(23)11-4-3-7-14(20)9-11/h2-9H,10H2,1H3,(H2,21,22,25,26)/t19-/m0/s1. The lowest BCUT2D eigenvalue weighted by atomic mass is 9.91. The Morgan fingerprint density at radius 1 is 1.07 bits per heavy atom. The van der Waals surface area contributed by atoms with Gasteiger partial charge < -0.3 is 10.1 Å². The van der Waals surface area contributed by atoms with Gasteiger partial charge in [0.2, 0.25) is 0 Å². The van der Waals surface area contributed by atoms with Gasteiger partial charge in [-0.2, -0.15) is 0 Å². The van der Waals surface area contributed by atoms with E-state index in [1.54, 1.807) is 30.3 Å². The topological polar surface area (TPSA) is 102 Å². The third-order valence-electron chi connectivity index (χ3n) is 4.20. The normalized spacial score (nSPS) is 18.6. The number of carbonyl (C=O) groups excluding carboxylic acids is 4. The zero-order valence-corrected chi connectivity index (χ0v) is 15.0. The Balaban J connectivity index is 1.72. The van der Waals surface area contributed by atoms with Gasteiger partial charge in [0.25, 0.3) is 5.91 Å². The number of urea groups is 1. The average Bonchev–Trinajstić information content (AvgIpc) is 2.92. The van der Waals surface area contributed by atoms with Crippen molar-refractivity contribution in [3.8, 4) is 0 Å². The molecule has 1 atom stereocenters. The number of benzene rings is 2. The molecule has 7 nitrogen and oxygen atoms in total. The summed E-state index contributed by atoms with van der Waals surface area (Å²) >= 11 is 5.84. The Morgan fingerprint density at radius 3 is 2.44 bits per heavy atom. The van der Waals surface area contributed by atoms with Crippen molar-refractivity contribution in [2.75, 3.05) is 6.61 Å². The molecule has 1 saturated heterocycles. The van der Waals surface area contributed by atoms with Gasteiger partial charge in [0.05, 0.1) is 5.56 Å². The second-order valence-electron chi connectivity index (χ2n) is 6.12. The van der Waals surface area contributed by atoms with Crippen LogP contribution in [-0.4, -0.2) is 30.3 Å². The largest absolute Gasteiger partial charge is 0.454 e. The first-order chi connectivity index (χ1) is 12.8. The fourth-order valence-corrected chi connectivity index (χ4v) is 2.85. The highest BCUT2D eigenvalue weighted by molar-refractivity contribution is 6.31. The number of carbonyl (C=O) groups is 4. The summed E-state index contributed by atoms with van der Waals surface area (Å²) in [4.78, 5) is 47.8. The molecule has 2 aromatic rings. The second kappa shape index (κ2) is 7.20. The summed E-state index contributed by atoms with van der Waals surface area (Å²) in [7, 11) is 0. The van der Waals surface area contributed by atoms with E-state index in [1.807, 2.05) is 0 Å². The van der Waals surface area contributed by atoms with Crippen molar-refractivity contribution in [2.24, 2.45) is 0 Å². The van der Waals surface area contributed by atoms with Gasteiger partial charge >= 0.3 is 12.0 Å². The molecular weight excluding hydrogens is 372 g/mol. The van der Waals surface area contributed by atoms with Gasteiger partial charge in [0.15, 0.2) is 12.4 Å². The van der Waals surface area contributed by atoms with Gasteiger partial charge in [0.1, 0.15) is 5.54 Å². The molecule has 138 valence electrons. The molecule has 27 heavy (non-hydrogen) atoms. The van der Waals surface area contributed by atoms with Crippen LogP contribution < -0.4 is 10.6 Å². The van der Waals surface area contributed by atoms with Gasteiger partial charge in [0, 0.05) is 10.6 Å². The Bertz CT molecular complexity index is 959. The van der Waals surface area contributed by atoms with Crippen LogP contribution in [0.25, 0.3) is 0 Å². The number of rotatable bonds is 5. The Labute approximate surface area is 159 Å². The van der Waals surface area contributed by atoms with Crippen molar-refractivity contribution >= 4 is 35.3 Å². The fraction of sp³-hybridized carbons (Fsp3) is 0.158.